The number of amides is 1. The molecule has 1 unspecified atom stereocenters. The fourth-order valence-electron chi connectivity index (χ4n) is 3.28. The minimum atomic E-state index is 0.0392. The Hall–Kier alpha value is -2.66. The van der Waals surface area contributed by atoms with Gasteiger partial charge < -0.3 is 15.1 Å². The van der Waals surface area contributed by atoms with E-state index in [1.54, 1.807) is 6.26 Å². The Bertz CT molecular complexity index is 873. The topological polar surface area (TPSA) is 72.4 Å². The summed E-state index contributed by atoms with van der Waals surface area (Å²) in [7, 11) is 0. The first kappa shape index (κ1) is 14.9. The first-order chi connectivity index (χ1) is 11.8. The smallest absolute Gasteiger partial charge is 0.254 e. The number of pyridine rings is 1. The van der Waals surface area contributed by atoms with Crippen molar-refractivity contribution in [3.63, 3.8) is 0 Å². The van der Waals surface area contributed by atoms with Crippen LogP contribution in [0.4, 0.5) is 0 Å². The van der Waals surface area contributed by atoms with Gasteiger partial charge in [0, 0.05) is 18.5 Å². The molecular weight excluding hydrogens is 302 g/mol. The largest absolute Gasteiger partial charge is 0.463 e. The molecule has 1 saturated heterocycles. The second kappa shape index (κ2) is 6.09. The van der Waals surface area contributed by atoms with Gasteiger partial charge in [-0.1, -0.05) is 18.2 Å². The van der Waals surface area contributed by atoms with Crippen LogP contribution in [0.5, 0.6) is 0 Å². The van der Waals surface area contributed by atoms with E-state index >= 15 is 0 Å². The monoisotopic (exact) mass is 321 g/mol. The molecule has 122 valence electrons. The van der Waals surface area contributed by atoms with Crippen molar-refractivity contribution in [1.82, 2.24) is 9.88 Å². The second-order valence-corrected chi connectivity index (χ2v) is 6.19. The SMILES string of the molecule is NCC1CCN(C(=O)c2cc(-c3ccco3)nc3ccccc23)C1. The minimum absolute atomic E-state index is 0.0392. The lowest BCUT2D eigenvalue weighted by molar-refractivity contribution is 0.0789. The predicted molar refractivity (Wildman–Crippen MR) is 92.5 cm³/mol. The molecular formula is C19H19N3O2. The number of likely N-dealkylation sites (tertiary alicyclic amines) is 1. The molecule has 1 aliphatic rings. The van der Waals surface area contributed by atoms with Gasteiger partial charge in [0.15, 0.2) is 5.76 Å². The number of carbonyl (C=O) groups is 1. The molecule has 1 aliphatic heterocycles. The van der Waals surface area contributed by atoms with Crippen molar-refractivity contribution < 1.29 is 9.21 Å². The summed E-state index contributed by atoms with van der Waals surface area (Å²) in [6.45, 7) is 2.11. The van der Waals surface area contributed by atoms with Gasteiger partial charge in [-0.05, 0) is 43.1 Å². The molecule has 1 aromatic carbocycles. The van der Waals surface area contributed by atoms with Crippen LogP contribution in [0.3, 0.4) is 0 Å². The molecule has 4 rings (SSSR count). The van der Waals surface area contributed by atoms with Crippen LogP contribution in [0.25, 0.3) is 22.4 Å². The van der Waals surface area contributed by atoms with E-state index in [4.69, 9.17) is 10.2 Å². The number of para-hydroxylation sites is 1. The lowest BCUT2D eigenvalue weighted by Gasteiger charge is -2.18. The maximum Gasteiger partial charge on any atom is 0.254 e. The number of hydrogen-bond donors (Lipinski definition) is 1. The van der Waals surface area contributed by atoms with Gasteiger partial charge >= 0.3 is 0 Å². The van der Waals surface area contributed by atoms with Gasteiger partial charge in [-0.2, -0.15) is 0 Å². The van der Waals surface area contributed by atoms with E-state index in [1.807, 2.05) is 47.4 Å². The van der Waals surface area contributed by atoms with Crippen molar-refractivity contribution in [2.24, 2.45) is 11.7 Å². The summed E-state index contributed by atoms with van der Waals surface area (Å²) in [5.74, 6) is 1.10. The Morgan fingerprint density at radius 2 is 2.17 bits per heavy atom. The highest BCUT2D eigenvalue weighted by Gasteiger charge is 2.27. The van der Waals surface area contributed by atoms with Crippen LogP contribution < -0.4 is 5.73 Å². The number of nitrogens with zero attached hydrogens (tertiary/aromatic N) is 2. The Balaban J connectivity index is 1.80. The Morgan fingerprint density at radius 1 is 1.29 bits per heavy atom. The van der Waals surface area contributed by atoms with Crippen LogP contribution in [-0.4, -0.2) is 35.4 Å². The lowest BCUT2D eigenvalue weighted by atomic mass is 10.1. The maximum atomic E-state index is 13.1. The van der Waals surface area contributed by atoms with Crippen molar-refractivity contribution in [3.05, 3.63) is 54.3 Å². The highest BCUT2D eigenvalue weighted by atomic mass is 16.3. The summed E-state index contributed by atoms with van der Waals surface area (Å²) in [5.41, 5.74) is 7.90. The van der Waals surface area contributed by atoms with E-state index in [2.05, 4.69) is 4.98 Å². The van der Waals surface area contributed by atoms with Gasteiger partial charge in [0.05, 0.1) is 17.3 Å². The van der Waals surface area contributed by atoms with Gasteiger partial charge in [0.25, 0.3) is 5.91 Å². The summed E-state index contributed by atoms with van der Waals surface area (Å²) >= 11 is 0. The molecule has 1 amide bonds. The third-order valence-corrected chi connectivity index (χ3v) is 4.63. The third kappa shape index (κ3) is 2.57. The summed E-state index contributed by atoms with van der Waals surface area (Å²) in [5, 5.41) is 0.869. The molecule has 0 saturated carbocycles. The van der Waals surface area contributed by atoms with Gasteiger partial charge in [0.1, 0.15) is 5.69 Å². The number of carbonyl (C=O) groups excluding carboxylic acids is 1. The molecule has 0 spiro atoms. The molecule has 0 aliphatic carbocycles. The molecule has 5 heteroatoms. The molecule has 0 radical (unpaired) electrons. The van der Waals surface area contributed by atoms with Crippen molar-refractivity contribution in [1.29, 1.82) is 0 Å². The third-order valence-electron chi connectivity index (χ3n) is 4.63. The molecule has 24 heavy (non-hydrogen) atoms. The quantitative estimate of drug-likeness (QED) is 0.805. The highest BCUT2D eigenvalue weighted by molar-refractivity contribution is 6.07. The van der Waals surface area contributed by atoms with Crippen LogP contribution in [0.2, 0.25) is 0 Å². The van der Waals surface area contributed by atoms with E-state index in [-0.39, 0.29) is 5.91 Å². The van der Waals surface area contributed by atoms with Gasteiger partial charge in [-0.15, -0.1) is 0 Å². The summed E-state index contributed by atoms with van der Waals surface area (Å²) in [4.78, 5) is 19.6. The standard InChI is InChI=1S/C19H19N3O2/c20-11-13-7-8-22(12-13)19(23)15-10-17(18-6-3-9-24-18)21-16-5-2-1-4-14(15)16/h1-6,9-10,13H,7-8,11-12,20H2. The average Bonchev–Trinajstić information content (AvgIpc) is 3.31. The van der Waals surface area contributed by atoms with Crippen LogP contribution >= 0.6 is 0 Å². The number of benzene rings is 1. The van der Waals surface area contributed by atoms with Crippen LogP contribution in [0, 0.1) is 5.92 Å². The summed E-state index contributed by atoms with van der Waals surface area (Å²) in [6.07, 6.45) is 2.58. The number of fused-ring (bicyclic) bond motifs is 1. The van der Waals surface area contributed by atoms with Crippen LogP contribution in [-0.2, 0) is 0 Å². The fraction of sp³-hybridized carbons (Fsp3) is 0.263. The van der Waals surface area contributed by atoms with E-state index in [1.165, 1.54) is 0 Å². The van der Waals surface area contributed by atoms with E-state index in [0.717, 1.165) is 30.4 Å². The fourth-order valence-corrected chi connectivity index (χ4v) is 3.28. The molecule has 2 N–H and O–H groups in total. The van der Waals surface area contributed by atoms with Crippen molar-refractivity contribution >= 4 is 16.8 Å². The number of aromatic nitrogens is 1. The van der Waals surface area contributed by atoms with Crippen LogP contribution in [0.15, 0.2) is 53.1 Å². The van der Waals surface area contributed by atoms with E-state index in [0.29, 0.717) is 29.5 Å². The average molecular weight is 321 g/mol. The van der Waals surface area contributed by atoms with Crippen molar-refractivity contribution in [2.75, 3.05) is 19.6 Å². The van der Waals surface area contributed by atoms with E-state index in [9.17, 15) is 4.79 Å². The zero-order chi connectivity index (χ0) is 16.5. The molecule has 1 atom stereocenters. The van der Waals surface area contributed by atoms with Gasteiger partial charge in [0.2, 0.25) is 0 Å². The normalized spacial score (nSPS) is 17.5. The first-order valence-electron chi connectivity index (χ1n) is 8.19. The zero-order valence-electron chi connectivity index (χ0n) is 13.3. The molecule has 5 nitrogen and oxygen atoms in total. The predicted octanol–water partition coefficient (Wildman–Crippen LogP) is 2.92. The summed E-state index contributed by atoms with van der Waals surface area (Å²) in [6, 6.07) is 13.2. The first-order valence-corrected chi connectivity index (χ1v) is 8.19. The second-order valence-electron chi connectivity index (χ2n) is 6.19. The minimum Gasteiger partial charge on any atom is -0.463 e. The summed E-state index contributed by atoms with van der Waals surface area (Å²) < 4.78 is 5.46. The van der Waals surface area contributed by atoms with Gasteiger partial charge in [-0.3, -0.25) is 4.79 Å². The molecule has 2 aromatic heterocycles. The lowest BCUT2D eigenvalue weighted by Crippen LogP contribution is -2.30. The Kier molecular flexibility index (Phi) is 3.78. The molecule has 3 heterocycles. The molecule has 3 aromatic rings. The zero-order valence-corrected chi connectivity index (χ0v) is 13.3. The van der Waals surface area contributed by atoms with Crippen LogP contribution in [0.1, 0.15) is 16.8 Å². The number of furan rings is 1. The number of hydrogen-bond acceptors (Lipinski definition) is 4. The maximum absolute atomic E-state index is 13.1. The molecule has 1 fully saturated rings. The molecule has 0 bridgehead atoms. The highest BCUT2D eigenvalue weighted by Crippen LogP contribution is 2.27. The van der Waals surface area contributed by atoms with E-state index < -0.39 is 0 Å². The van der Waals surface area contributed by atoms with Crippen molar-refractivity contribution in [2.45, 2.75) is 6.42 Å². The van der Waals surface area contributed by atoms with Crippen molar-refractivity contribution in [3.8, 4) is 11.5 Å². The Morgan fingerprint density at radius 3 is 2.92 bits per heavy atom. The Labute approximate surface area is 140 Å². The number of nitrogens with two attached hydrogens (primary N) is 1. The number of rotatable bonds is 3. The van der Waals surface area contributed by atoms with Gasteiger partial charge in [-0.25, -0.2) is 4.98 Å².